The lowest BCUT2D eigenvalue weighted by molar-refractivity contribution is 0.579. The predicted molar refractivity (Wildman–Crippen MR) is 96.8 cm³/mol. The Kier molecular flexibility index (Phi) is 4.49. The van der Waals surface area contributed by atoms with Gasteiger partial charge in [0.15, 0.2) is 0 Å². The Morgan fingerprint density at radius 3 is 2.48 bits per heavy atom. The van der Waals surface area contributed by atoms with Crippen LogP contribution in [0.15, 0.2) is 39.8 Å². The topological polar surface area (TPSA) is 24.4 Å². The number of benzodiazepines with no additional fused rings is 1. The maximum atomic E-state index is 14.3. The van der Waals surface area contributed by atoms with Crippen molar-refractivity contribution in [1.29, 1.82) is 0 Å². The Labute approximate surface area is 150 Å². The van der Waals surface area contributed by atoms with E-state index in [1.807, 2.05) is 0 Å². The van der Waals surface area contributed by atoms with E-state index in [1.165, 1.54) is 18.2 Å². The van der Waals surface area contributed by atoms with Gasteiger partial charge in [-0.25, -0.2) is 8.78 Å². The van der Waals surface area contributed by atoms with E-state index < -0.39 is 17.7 Å². The van der Waals surface area contributed by atoms with Gasteiger partial charge in [0.1, 0.15) is 16.6 Å². The van der Waals surface area contributed by atoms with Gasteiger partial charge < -0.3 is 5.32 Å². The summed E-state index contributed by atoms with van der Waals surface area (Å²) in [5.74, 6) is -1.41. The molecule has 2 aromatic carbocycles. The molecule has 1 aliphatic rings. The van der Waals surface area contributed by atoms with Gasteiger partial charge in [0.25, 0.3) is 0 Å². The minimum Gasteiger partial charge on any atom is -0.348 e. The third kappa shape index (κ3) is 2.91. The van der Waals surface area contributed by atoms with Gasteiger partial charge in [-0.15, -0.1) is 0 Å². The molecule has 0 bridgehead atoms. The molecule has 0 aromatic heterocycles. The number of fused-ring (bicyclic) bond motifs is 1. The number of hydrogen-bond donors (Lipinski definition) is 1. The van der Waals surface area contributed by atoms with Gasteiger partial charge in [-0.1, -0.05) is 29.9 Å². The Balaban J connectivity index is 2.38. The number of anilines is 1. The summed E-state index contributed by atoms with van der Waals surface area (Å²) in [7, 11) is 0. The average Bonchev–Trinajstić information content (AvgIpc) is 2.61. The van der Waals surface area contributed by atoms with E-state index in [0.717, 1.165) is 0 Å². The molecule has 118 valence electrons. The number of benzene rings is 2. The van der Waals surface area contributed by atoms with Gasteiger partial charge in [-0.3, -0.25) is 4.99 Å². The third-order valence-electron chi connectivity index (χ3n) is 3.49. The molecule has 0 saturated heterocycles. The zero-order valence-electron chi connectivity index (χ0n) is 11.8. The smallest absolute Gasteiger partial charge is 0.135 e. The number of nitrogens with one attached hydrogen (secondary N) is 1. The number of rotatable bonds is 1. The quantitative estimate of drug-likeness (QED) is 0.634. The molecule has 7 heteroatoms. The van der Waals surface area contributed by atoms with Gasteiger partial charge in [0.05, 0.1) is 22.3 Å². The second-order valence-corrected chi connectivity index (χ2v) is 6.70. The normalized spacial score (nSPS) is 17.2. The van der Waals surface area contributed by atoms with Crippen LogP contribution >= 0.6 is 39.7 Å². The van der Waals surface area contributed by atoms with Crippen LogP contribution < -0.4 is 5.32 Å². The SMILES string of the molecule is CC1N=C(c2c(F)cccc2F)c2c(ccc(Br)c2Cl)NC1=S. The highest BCUT2D eigenvalue weighted by Crippen LogP contribution is 2.36. The molecule has 2 nitrogen and oxygen atoms in total. The maximum absolute atomic E-state index is 14.3. The fourth-order valence-corrected chi connectivity index (χ4v) is 3.10. The van der Waals surface area contributed by atoms with Crippen molar-refractivity contribution in [3.05, 3.63) is 62.6 Å². The second-order valence-electron chi connectivity index (χ2n) is 5.02. The maximum Gasteiger partial charge on any atom is 0.135 e. The molecule has 0 radical (unpaired) electrons. The van der Waals surface area contributed by atoms with Crippen LogP contribution in [0.4, 0.5) is 14.5 Å². The van der Waals surface area contributed by atoms with E-state index in [1.54, 1.807) is 19.1 Å². The molecule has 1 heterocycles. The Hall–Kier alpha value is -1.37. The van der Waals surface area contributed by atoms with Crippen molar-refractivity contribution in [2.75, 3.05) is 5.32 Å². The zero-order valence-corrected chi connectivity index (χ0v) is 15.0. The molecule has 23 heavy (non-hydrogen) atoms. The summed E-state index contributed by atoms with van der Waals surface area (Å²) in [4.78, 5) is 4.87. The van der Waals surface area contributed by atoms with E-state index in [0.29, 0.717) is 25.7 Å². The Morgan fingerprint density at radius 2 is 1.83 bits per heavy atom. The fraction of sp³-hybridized carbons (Fsp3) is 0.125. The molecule has 0 aliphatic carbocycles. The van der Waals surface area contributed by atoms with E-state index in [9.17, 15) is 8.78 Å². The highest BCUT2D eigenvalue weighted by molar-refractivity contribution is 9.10. The lowest BCUT2D eigenvalue weighted by Crippen LogP contribution is -2.20. The summed E-state index contributed by atoms with van der Waals surface area (Å²) in [6.07, 6.45) is 0. The first-order valence-corrected chi connectivity index (χ1v) is 8.29. The lowest BCUT2D eigenvalue weighted by Gasteiger charge is -2.14. The lowest BCUT2D eigenvalue weighted by atomic mass is 9.99. The standard InChI is InChI=1S/C16H10BrClF2N2S/c1-7-16(23)22-11-6-5-8(17)14(18)13(11)15(21-7)12-9(19)3-2-4-10(12)20/h2-7H,1H3,(H,22,23). The van der Waals surface area contributed by atoms with Crippen LogP contribution in [0.3, 0.4) is 0 Å². The first-order valence-electron chi connectivity index (χ1n) is 6.71. The van der Waals surface area contributed by atoms with Gasteiger partial charge in [-0.2, -0.15) is 0 Å². The van der Waals surface area contributed by atoms with Gasteiger partial charge in [0.2, 0.25) is 0 Å². The van der Waals surface area contributed by atoms with Crippen molar-refractivity contribution in [3.8, 4) is 0 Å². The monoisotopic (exact) mass is 414 g/mol. The van der Waals surface area contributed by atoms with Crippen LogP contribution in [0, 0.1) is 11.6 Å². The number of halogens is 4. The summed E-state index contributed by atoms with van der Waals surface area (Å²) >= 11 is 15.0. The highest BCUT2D eigenvalue weighted by atomic mass is 79.9. The van der Waals surface area contributed by atoms with E-state index in [4.69, 9.17) is 23.8 Å². The summed E-state index contributed by atoms with van der Waals surface area (Å²) < 4.78 is 29.2. The fourth-order valence-electron chi connectivity index (χ4n) is 2.35. The molecule has 0 fully saturated rings. The van der Waals surface area contributed by atoms with Gasteiger partial charge in [-0.05, 0) is 47.1 Å². The molecule has 0 saturated carbocycles. The van der Waals surface area contributed by atoms with Crippen molar-refractivity contribution in [2.24, 2.45) is 4.99 Å². The van der Waals surface area contributed by atoms with E-state index >= 15 is 0 Å². The van der Waals surface area contributed by atoms with Crippen LogP contribution in [0.2, 0.25) is 5.02 Å². The number of thiocarbonyl (C=S) groups is 1. The van der Waals surface area contributed by atoms with E-state index in [-0.39, 0.29) is 11.3 Å². The molecule has 2 aromatic rings. The molecule has 0 amide bonds. The largest absolute Gasteiger partial charge is 0.348 e. The van der Waals surface area contributed by atoms with Crippen LogP contribution in [0.5, 0.6) is 0 Å². The van der Waals surface area contributed by atoms with Gasteiger partial charge in [0, 0.05) is 15.7 Å². The first-order chi connectivity index (χ1) is 10.9. The minimum absolute atomic E-state index is 0.141. The molecule has 1 unspecified atom stereocenters. The minimum atomic E-state index is -0.703. The second kappa shape index (κ2) is 6.26. The van der Waals surface area contributed by atoms with Crippen LogP contribution in [0.1, 0.15) is 18.1 Å². The van der Waals surface area contributed by atoms with Crippen LogP contribution in [0.25, 0.3) is 0 Å². The predicted octanol–water partition coefficient (Wildman–Crippen LogP) is 5.36. The summed E-state index contributed by atoms with van der Waals surface area (Å²) in [6.45, 7) is 1.75. The van der Waals surface area contributed by atoms with Crippen molar-refractivity contribution in [2.45, 2.75) is 13.0 Å². The third-order valence-corrected chi connectivity index (χ3v) is 5.22. The molecule has 3 rings (SSSR count). The van der Waals surface area contributed by atoms with Crippen LogP contribution in [-0.4, -0.2) is 16.7 Å². The summed E-state index contributed by atoms with van der Waals surface area (Å²) in [6, 6.07) is 6.72. The highest BCUT2D eigenvalue weighted by Gasteiger charge is 2.27. The number of hydrogen-bond acceptors (Lipinski definition) is 2. The van der Waals surface area contributed by atoms with Crippen molar-refractivity contribution < 1.29 is 8.78 Å². The molecule has 1 aliphatic heterocycles. The summed E-state index contributed by atoms with van der Waals surface area (Å²) in [5.41, 5.74) is 0.902. The molecular weight excluding hydrogens is 406 g/mol. The molecule has 0 spiro atoms. The Morgan fingerprint density at radius 1 is 1.17 bits per heavy atom. The van der Waals surface area contributed by atoms with Crippen molar-refractivity contribution >= 4 is 56.1 Å². The number of aliphatic imine (C=N–C) groups is 1. The molecule has 1 atom stereocenters. The van der Waals surface area contributed by atoms with Gasteiger partial charge >= 0.3 is 0 Å². The first kappa shape index (κ1) is 16.5. The van der Waals surface area contributed by atoms with E-state index in [2.05, 4.69) is 26.2 Å². The summed E-state index contributed by atoms with van der Waals surface area (Å²) in [5, 5.41) is 3.36. The average molecular weight is 416 g/mol. The number of nitrogens with zero attached hydrogens (tertiary/aromatic N) is 1. The van der Waals surface area contributed by atoms with Crippen molar-refractivity contribution in [1.82, 2.24) is 0 Å². The van der Waals surface area contributed by atoms with Crippen molar-refractivity contribution in [3.63, 3.8) is 0 Å². The Bertz CT molecular complexity index is 834. The van der Waals surface area contributed by atoms with Crippen LogP contribution in [-0.2, 0) is 0 Å². The zero-order chi connectivity index (χ0) is 16.7. The molecular formula is C16H10BrClF2N2S. The molecule has 1 N–H and O–H groups in total.